The van der Waals surface area contributed by atoms with Gasteiger partial charge in [0.1, 0.15) is 0 Å². The van der Waals surface area contributed by atoms with Crippen molar-refractivity contribution in [3.05, 3.63) is 29.3 Å². The van der Waals surface area contributed by atoms with Crippen molar-refractivity contribution >= 4 is 11.6 Å². The summed E-state index contributed by atoms with van der Waals surface area (Å²) in [6.07, 6.45) is 6.31. The quantitative estimate of drug-likeness (QED) is 0.772. The van der Waals surface area contributed by atoms with Crippen molar-refractivity contribution in [1.82, 2.24) is 0 Å². The zero-order chi connectivity index (χ0) is 14.5. The molecule has 1 aromatic carbocycles. The van der Waals surface area contributed by atoms with Gasteiger partial charge in [-0.15, -0.1) is 0 Å². The zero-order valence-corrected chi connectivity index (χ0v) is 12.2. The van der Waals surface area contributed by atoms with Gasteiger partial charge in [0.15, 0.2) is 0 Å². The van der Waals surface area contributed by atoms with E-state index in [9.17, 15) is 4.79 Å². The minimum absolute atomic E-state index is 0.218. The molecule has 0 aliphatic heterocycles. The van der Waals surface area contributed by atoms with Gasteiger partial charge in [0, 0.05) is 18.3 Å². The molecule has 0 aromatic heterocycles. The summed E-state index contributed by atoms with van der Waals surface area (Å²) < 4.78 is 0. The third kappa shape index (κ3) is 3.51. The monoisotopic (exact) mass is 275 g/mol. The Labute approximate surface area is 120 Å². The highest BCUT2D eigenvalue weighted by Gasteiger charge is 2.23. The molecule has 20 heavy (non-hydrogen) atoms. The molecular formula is C16H25N3O. The summed E-state index contributed by atoms with van der Waals surface area (Å²) in [7, 11) is 0. The molecule has 1 aliphatic rings. The van der Waals surface area contributed by atoms with E-state index in [0.29, 0.717) is 18.0 Å². The van der Waals surface area contributed by atoms with Crippen LogP contribution in [0.4, 0.5) is 5.69 Å². The van der Waals surface area contributed by atoms with Crippen LogP contribution in [0, 0.1) is 12.8 Å². The SMILES string of the molecule is Cc1ccc(C(N)=O)c(NC(CN)C2CCCCC2)c1. The van der Waals surface area contributed by atoms with Gasteiger partial charge in [-0.1, -0.05) is 25.3 Å². The maximum absolute atomic E-state index is 11.5. The summed E-state index contributed by atoms with van der Waals surface area (Å²) in [5.41, 5.74) is 13.9. The number of amides is 1. The molecule has 1 atom stereocenters. The molecule has 4 nitrogen and oxygen atoms in total. The zero-order valence-electron chi connectivity index (χ0n) is 12.2. The highest BCUT2D eigenvalue weighted by Crippen LogP contribution is 2.29. The van der Waals surface area contributed by atoms with Crippen molar-refractivity contribution in [2.24, 2.45) is 17.4 Å². The standard InChI is InChI=1S/C16H25N3O/c1-11-7-8-13(16(18)20)14(9-11)19-15(10-17)12-5-3-2-4-6-12/h7-9,12,15,19H,2-6,10,17H2,1H3,(H2,18,20). The van der Waals surface area contributed by atoms with Crippen molar-refractivity contribution in [3.8, 4) is 0 Å². The fourth-order valence-corrected chi connectivity index (χ4v) is 3.10. The summed E-state index contributed by atoms with van der Waals surface area (Å²) >= 11 is 0. The van der Waals surface area contributed by atoms with E-state index in [-0.39, 0.29) is 6.04 Å². The van der Waals surface area contributed by atoms with Crippen molar-refractivity contribution < 1.29 is 4.79 Å². The molecule has 110 valence electrons. The Morgan fingerprint density at radius 2 is 2.05 bits per heavy atom. The molecule has 0 saturated heterocycles. The molecule has 1 aliphatic carbocycles. The molecule has 0 heterocycles. The molecule has 1 saturated carbocycles. The van der Waals surface area contributed by atoms with Gasteiger partial charge in [0.05, 0.1) is 5.56 Å². The minimum Gasteiger partial charge on any atom is -0.380 e. The second-order valence-corrected chi connectivity index (χ2v) is 5.80. The van der Waals surface area contributed by atoms with Crippen molar-refractivity contribution in [3.63, 3.8) is 0 Å². The van der Waals surface area contributed by atoms with Crippen LogP contribution in [-0.2, 0) is 0 Å². The summed E-state index contributed by atoms with van der Waals surface area (Å²) in [5, 5.41) is 3.46. The molecule has 1 fully saturated rings. The van der Waals surface area contributed by atoms with Gasteiger partial charge in [-0.3, -0.25) is 4.79 Å². The Balaban J connectivity index is 2.17. The first-order valence-corrected chi connectivity index (χ1v) is 7.49. The second kappa shape index (κ2) is 6.75. The van der Waals surface area contributed by atoms with E-state index in [2.05, 4.69) is 5.32 Å². The first-order valence-electron chi connectivity index (χ1n) is 7.49. The van der Waals surface area contributed by atoms with Gasteiger partial charge in [-0.2, -0.15) is 0 Å². The predicted octanol–water partition coefficient (Wildman–Crippen LogP) is 2.41. The van der Waals surface area contributed by atoms with E-state index in [1.807, 2.05) is 19.1 Å². The van der Waals surface area contributed by atoms with Crippen LogP contribution >= 0.6 is 0 Å². The minimum atomic E-state index is -0.396. The van der Waals surface area contributed by atoms with Gasteiger partial charge in [0.25, 0.3) is 5.91 Å². The number of aryl methyl sites for hydroxylation is 1. The first-order chi connectivity index (χ1) is 9.61. The second-order valence-electron chi connectivity index (χ2n) is 5.80. The average molecular weight is 275 g/mol. The van der Waals surface area contributed by atoms with Crippen molar-refractivity contribution in [1.29, 1.82) is 0 Å². The number of carbonyl (C=O) groups excluding carboxylic acids is 1. The highest BCUT2D eigenvalue weighted by molar-refractivity contribution is 5.98. The van der Waals surface area contributed by atoms with Crippen LogP contribution in [0.1, 0.15) is 48.0 Å². The lowest BCUT2D eigenvalue weighted by Crippen LogP contribution is -2.38. The first kappa shape index (κ1) is 14.9. The van der Waals surface area contributed by atoms with Crippen molar-refractivity contribution in [2.45, 2.75) is 45.1 Å². The third-order valence-corrected chi connectivity index (χ3v) is 4.25. The van der Waals surface area contributed by atoms with Gasteiger partial charge in [-0.05, 0) is 43.4 Å². The van der Waals surface area contributed by atoms with Crippen LogP contribution in [0.2, 0.25) is 0 Å². The lowest BCUT2D eigenvalue weighted by Gasteiger charge is -2.31. The molecule has 0 spiro atoms. The van der Waals surface area contributed by atoms with E-state index >= 15 is 0 Å². The number of carbonyl (C=O) groups is 1. The topological polar surface area (TPSA) is 81.1 Å². The molecule has 0 bridgehead atoms. The molecule has 5 N–H and O–H groups in total. The van der Waals surface area contributed by atoms with Crippen LogP contribution in [0.5, 0.6) is 0 Å². The Kier molecular flexibility index (Phi) is 5.01. The van der Waals surface area contributed by atoms with Gasteiger partial charge in [0.2, 0.25) is 0 Å². The van der Waals surface area contributed by atoms with E-state index in [1.54, 1.807) is 6.07 Å². The number of primary amides is 1. The predicted molar refractivity (Wildman–Crippen MR) is 82.7 cm³/mol. The lowest BCUT2D eigenvalue weighted by atomic mass is 9.83. The third-order valence-electron chi connectivity index (χ3n) is 4.25. The number of hydrogen-bond donors (Lipinski definition) is 3. The summed E-state index contributed by atoms with van der Waals surface area (Å²) in [6, 6.07) is 5.89. The van der Waals surface area contributed by atoms with Crippen LogP contribution in [0.3, 0.4) is 0 Å². The Morgan fingerprint density at radius 1 is 1.35 bits per heavy atom. The van der Waals surface area contributed by atoms with Crippen LogP contribution < -0.4 is 16.8 Å². The van der Waals surface area contributed by atoms with E-state index in [0.717, 1.165) is 11.3 Å². The summed E-state index contributed by atoms with van der Waals surface area (Å²) in [4.78, 5) is 11.5. The van der Waals surface area contributed by atoms with Crippen LogP contribution in [0.25, 0.3) is 0 Å². The fraction of sp³-hybridized carbons (Fsp3) is 0.562. The maximum atomic E-state index is 11.5. The molecule has 1 unspecified atom stereocenters. The highest BCUT2D eigenvalue weighted by atomic mass is 16.1. The van der Waals surface area contributed by atoms with Gasteiger partial charge >= 0.3 is 0 Å². The average Bonchev–Trinajstić information content (AvgIpc) is 2.45. The Hall–Kier alpha value is -1.55. The summed E-state index contributed by atoms with van der Waals surface area (Å²) in [5.74, 6) is 0.196. The molecule has 2 rings (SSSR count). The van der Waals surface area contributed by atoms with E-state index in [1.165, 1.54) is 32.1 Å². The molecule has 0 radical (unpaired) electrons. The van der Waals surface area contributed by atoms with E-state index < -0.39 is 5.91 Å². The van der Waals surface area contributed by atoms with Crippen LogP contribution in [-0.4, -0.2) is 18.5 Å². The number of benzene rings is 1. The molecule has 1 aromatic rings. The molecule has 4 heteroatoms. The molecule has 1 amide bonds. The number of anilines is 1. The molecular weight excluding hydrogens is 250 g/mol. The largest absolute Gasteiger partial charge is 0.380 e. The lowest BCUT2D eigenvalue weighted by molar-refractivity contribution is 0.100. The van der Waals surface area contributed by atoms with Crippen LogP contribution in [0.15, 0.2) is 18.2 Å². The van der Waals surface area contributed by atoms with Gasteiger partial charge < -0.3 is 16.8 Å². The Bertz CT molecular complexity index is 467. The number of nitrogens with one attached hydrogen (secondary N) is 1. The van der Waals surface area contributed by atoms with Crippen molar-refractivity contribution in [2.75, 3.05) is 11.9 Å². The Morgan fingerprint density at radius 3 is 2.65 bits per heavy atom. The van der Waals surface area contributed by atoms with E-state index in [4.69, 9.17) is 11.5 Å². The maximum Gasteiger partial charge on any atom is 0.250 e. The number of rotatable bonds is 5. The fourth-order valence-electron chi connectivity index (χ4n) is 3.10. The number of hydrogen-bond acceptors (Lipinski definition) is 3. The normalized spacial score (nSPS) is 17.7. The number of nitrogens with two attached hydrogens (primary N) is 2. The van der Waals surface area contributed by atoms with Gasteiger partial charge in [-0.25, -0.2) is 0 Å². The smallest absolute Gasteiger partial charge is 0.250 e. The summed E-state index contributed by atoms with van der Waals surface area (Å²) in [6.45, 7) is 2.59.